The Bertz CT molecular complexity index is 241. The molecule has 0 aromatic carbocycles. The molecule has 0 spiro atoms. The van der Waals surface area contributed by atoms with Gasteiger partial charge in [0.25, 0.3) is 0 Å². The van der Waals surface area contributed by atoms with Crippen LogP contribution >= 0.6 is 0 Å². The largest absolute Gasteiger partial charge is 0.311 e. The van der Waals surface area contributed by atoms with Gasteiger partial charge in [0, 0.05) is 12.1 Å². The summed E-state index contributed by atoms with van der Waals surface area (Å²) in [6.45, 7) is 11.1. The fourth-order valence-corrected chi connectivity index (χ4v) is 3.62. The summed E-state index contributed by atoms with van der Waals surface area (Å²) < 4.78 is 0. The zero-order valence-electron chi connectivity index (χ0n) is 12.7. The molecule has 2 heteroatoms. The van der Waals surface area contributed by atoms with Crippen molar-refractivity contribution in [2.45, 2.75) is 77.8 Å². The van der Waals surface area contributed by atoms with Gasteiger partial charge in [-0.25, -0.2) is 0 Å². The molecule has 1 N–H and O–H groups in total. The van der Waals surface area contributed by atoms with E-state index in [2.05, 4.69) is 31.0 Å². The van der Waals surface area contributed by atoms with Crippen LogP contribution in [0.15, 0.2) is 0 Å². The highest BCUT2D eigenvalue weighted by atomic mass is 15.1. The van der Waals surface area contributed by atoms with Crippen molar-refractivity contribution in [1.29, 1.82) is 0 Å². The SMILES string of the molecule is CCCCN1CCC(NC2CCC(C)(C)C2)CC1. The minimum Gasteiger partial charge on any atom is -0.311 e. The van der Waals surface area contributed by atoms with E-state index in [0.29, 0.717) is 5.41 Å². The van der Waals surface area contributed by atoms with E-state index in [1.807, 2.05) is 0 Å². The molecule has 1 saturated heterocycles. The molecule has 2 fully saturated rings. The molecule has 1 unspecified atom stereocenters. The maximum atomic E-state index is 3.92. The van der Waals surface area contributed by atoms with Crippen LogP contribution in [-0.4, -0.2) is 36.6 Å². The Balaban J connectivity index is 1.65. The van der Waals surface area contributed by atoms with Gasteiger partial charge in [0.2, 0.25) is 0 Å². The van der Waals surface area contributed by atoms with Crippen molar-refractivity contribution in [2.24, 2.45) is 5.41 Å². The van der Waals surface area contributed by atoms with Crippen LogP contribution in [0.3, 0.4) is 0 Å². The number of hydrogen-bond acceptors (Lipinski definition) is 2. The summed E-state index contributed by atoms with van der Waals surface area (Å²) >= 11 is 0. The zero-order valence-corrected chi connectivity index (χ0v) is 12.7. The highest BCUT2D eigenvalue weighted by molar-refractivity contribution is 4.89. The van der Waals surface area contributed by atoms with Gasteiger partial charge in [-0.1, -0.05) is 27.2 Å². The third-order valence-electron chi connectivity index (χ3n) is 4.86. The van der Waals surface area contributed by atoms with E-state index in [1.165, 1.54) is 64.6 Å². The molecule has 1 saturated carbocycles. The number of hydrogen-bond donors (Lipinski definition) is 1. The van der Waals surface area contributed by atoms with Crippen molar-refractivity contribution in [3.63, 3.8) is 0 Å². The van der Waals surface area contributed by atoms with Gasteiger partial charge >= 0.3 is 0 Å². The number of nitrogens with zero attached hydrogens (tertiary/aromatic N) is 1. The first kappa shape index (κ1) is 14.3. The van der Waals surface area contributed by atoms with Gasteiger partial charge in [-0.3, -0.25) is 0 Å². The van der Waals surface area contributed by atoms with Crippen molar-refractivity contribution in [1.82, 2.24) is 10.2 Å². The second-order valence-electron chi connectivity index (χ2n) is 7.24. The highest BCUT2D eigenvalue weighted by Gasteiger charge is 2.32. The molecule has 1 aliphatic heterocycles. The summed E-state index contributed by atoms with van der Waals surface area (Å²) in [5.41, 5.74) is 0.583. The minimum atomic E-state index is 0.583. The average molecular weight is 252 g/mol. The molecule has 1 aliphatic carbocycles. The smallest absolute Gasteiger partial charge is 0.00940 e. The lowest BCUT2D eigenvalue weighted by atomic mass is 9.91. The van der Waals surface area contributed by atoms with Crippen molar-refractivity contribution >= 4 is 0 Å². The number of unbranched alkanes of at least 4 members (excludes halogenated alkanes) is 1. The first-order valence-corrected chi connectivity index (χ1v) is 8.07. The number of piperidine rings is 1. The van der Waals surface area contributed by atoms with Crippen LogP contribution in [0.4, 0.5) is 0 Å². The average Bonchev–Trinajstić information content (AvgIpc) is 2.68. The van der Waals surface area contributed by atoms with E-state index in [1.54, 1.807) is 0 Å². The standard InChI is InChI=1S/C16H32N2/c1-4-5-10-18-11-7-14(8-12-18)17-15-6-9-16(2,3)13-15/h14-15,17H,4-13H2,1-3H3. The van der Waals surface area contributed by atoms with Gasteiger partial charge < -0.3 is 10.2 Å². The van der Waals surface area contributed by atoms with E-state index < -0.39 is 0 Å². The van der Waals surface area contributed by atoms with Crippen LogP contribution < -0.4 is 5.32 Å². The molecular formula is C16H32N2. The summed E-state index contributed by atoms with van der Waals surface area (Å²) in [6, 6.07) is 1.59. The molecule has 0 bridgehead atoms. The summed E-state index contributed by atoms with van der Waals surface area (Å²) in [5.74, 6) is 0. The molecule has 106 valence electrons. The van der Waals surface area contributed by atoms with Crippen LogP contribution in [0, 0.1) is 5.41 Å². The van der Waals surface area contributed by atoms with Gasteiger partial charge in [0.05, 0.1) is 0 Å². The van der Waals surface area contributed by atoms with Crippen LogP contribution in [0.2, 0.25) is 0 Å². The molecule has 18 heavy (non-hydrogen) atoms. The fourth-order valence-electron chi connectivity index (χ4n) is 3.62. The monoisotopic (exact) mass is 252 g/mol. The van der Waals surface area contributed by atoms with Crippen molar-refractivity contribution in [3.8, 4) is 0 Å². The Morgan fingerprint density at radius 2 is 1.83 bits per heavy atom. The second kappa shape index (κ2) is 6.38. The first-order valence-electron chi connectivity index (χ1n) is 8.07. The Morgan fingerprint density at radius 1 is 1.11 bits per heavy atom. The lowest BCUT2D eigenvalue weighted by molar-refractivity contribution is 0.187. The molecule has 1 atom stereocenters. The molecule has 2 aliphatic rings. The fraction of sp³-hybridized carbons (Fsp3) is 1.00. The second-order valence-corrected chi connectivity index (χ2v) is 7.24. The molecule has 1 heterocycles. The van der Waals surface area contributed by atoms with Crippen molar-refractivity contribution in [2.75, 3.05) is 19.6 Å². The van der Waals surface area contributed by atoms with E-state index >= 15 is 0 Å². The molecule has 0 aromatic heterocycles. The Morgan fingerprint density at radius 3 is 2.39 bits per heavy atom. The molecule has 0 amide bonds. The van der Waals surface area contributed by atoms with E-state index in [0.717, 1.165) is 12.1 Å². The Kier molecular flexibility index (Phi) is 5.08. The summed E-state index contributed by atoms with van der Waals surface area (Å²) in [6.07, 6.45) is 9.59. The van der Waals surface area contributed by atoms with Gasteiger partial charge in [0.15, 0.2) is 0 Å². The van der Waals surface area contributed by atoms with Crippen molar-refractivity contribution in [3.05, 3.63) is 0 Å². The molecule has 2 nitrogen and oxygen atoms in total. The quantitative estimate of drug-likeness (QED) is 0.806. The molecule has 0 aromatic rings. The predicted molar refractivity (Wildman–Crippen MR) is 78.9 cm³/mol. The van der Waals surface area contributed by atoms with Crippen LogP contribution in [-0.2, 0) is 0 Å². The normalized spacial score (nSPS) is 29.8. The van der Waals surface area contributed by atoms with E-state index in [4.69, 9.17) is 0 Å². The summed E-state index contributed by atoms with van der Waals surface area (Å²) in [4.78, 5) is 2.65. The minimum absolute atomic E-state index is 0.583. The number of rotatable bonds is 5. The Labute approximate surface area is 114 Å². The van der Waals surface area contributed by atoms with Gasteiger partial charge in [0.1, 0.15) is 0 Å². The van der Waals surface area contributed by atoms with Gasteiger partial charge in [-0.05, 0) is 63.6 Å². The summed E-state index contributed by atoms with van der Waals surface area (Å²) in [5, 5.41) is 3.92. The Hall–Kier alpha value is -0.0800. The zero-order chi connectivity index (χ0) is 13.0. The predicted octanol–water partition coefficient (Wildman–Crippen LogP) is 3.42. The highest BCUT2D eigenvalue weighted by Crippen LogP contribution is 2.37. The van der Waals surface area contributed by atoms with Crippen LogP contribution in [0.5, 0.6) is 0 Å². The van der Waals surface area contributed by atoms with Crippen molar-refractivity contribution < 1.29 is 0 Å². The number of nitrogens with one attached hydrogen (secondary N) is 1. The van der Waals surface area contributed by atoms with Crippen LogP contribution in [0.25, 0.3) is 0 Å². The first-order chi connectivity index (χ1) is 8.59. The third-order valence-corrected chi connectivity index (χ3v) is 4.86. The third kappa shape index (κ3) is 4.24. The molecule has 2 rings (SSSR count). The maximum Gasteiger partial charge on any atom is 0.00940 e. The number of likely N-dealkylation sites (tertiary alicyclic amines) is 1. The lowest BCUT2D eigenvalue weighted by Gasteiger charge is -2.34. The van der Waals surface area contributed by atoms with Gasteiger partial charge in [-0.2, -0.15) is 0 Å². The van der Waals surface area contributed by atoms with Gasteiger partial charge in [-0.15, -0.1) is 0 Å². The lowest BCUT2D eigenvalue weighted by Crippen LogP contribution is -2.45. The van der Waals surface area contributed by atoms with E-state index in [9.17, 15) is 0 Å². The molecular weight excluding hydrogens is 220 g/mol. The molecule has 0 radical (unpaired) electrons. The maximum absolute atomic E-state index is 3.92. The van der Waals surface area contributed by atoms with E-state index in [-0.39, 0.29) is 0 Å². The van der Waals surface area contributed by atoms with Crippen LogP contribution in [0.1, 0.15) is 65.7 Å². The summed E-state index contributed by atoms with van der Waals surface area (Å²) in [7, 11) is 0. The topological polar surface area (TPSA) is 15.3 Å².